The Kier molecular flexibility index (Phi) is 8.25. The number of esters is 1. The highest BCUT2D eigenvalue weighted by Crippen LogP contribution is 2.20. The summed E-state index contributed by atoms with van der Waals surface area (Å²) in [6.07, 6.45) is 3.50. The maximum absolute atomic E-state index is 12.1. The summed E-state index contributed by atoms with van der Waals surface area (Å²) in [6.45, 7) is 2.15. The van der Waals surface area contributed by atoms with Gasteiger partial charge in [0.15, 0.2) is 0 Å². The second-order valence-electron chi connectivity index (χ2n) is 5.34. The van der Waals surface area contributed by atoms with Gasteiger partial charge >= 0.3 is 5.97 Å². The van der Waals surface area contributed by atoms with Gasteiger partial charge in [0.05, 0.1) is 13.0 Å². The topological polar surface area (TPSA) is 55.4 Å². The highest BCUT2D eigenvalue weighted by atomic mass is 35.5. The summed E-state index contributed by atoms with van der Waals surface area (Å²) in [5.74, 6) is 0.262. The average Bonchev–Trinajstić information content (AvgIpc) is 2.62. The Morgan fingerprint density at radius 1 is 1.12 bits per heavy atom. The molecule has 0 saturated heterocycles. The van der Waals surface area contributed by atoms with Crippen LogP contribution in [-0.4, -0.2) is 24.2 Å². The van der Waals surface area contributed by atoms with Gasteiger partial charge in [-0.2, -0.15) is 0 Å². The molecule has 1 N–H and O–H groups in total. The van der Waals surface area contributed by atoms with Gasteiger partial charge in [0.2, 0.25) is 5.91 Å². The van der Waals surface area contributed by atoms with Gasteiger partial charge in [-0.05, 0) is 48.9 Å². The zero-order chi connectivity index (χ0) is 18.8. The van der Waals surface area contributed by atoms with Crippen molar-refractivity contribution < 1.29 is 14.3 Å². The minimum atomic E-state index is -0.327. The van der Waals surface area contributed by atoms with Crippen molar-refractivity contribution in [2.45, 2.75) is 18.2 Å². The number of carbonyl (C=O) groups excluding carboxylic acids is 2. The van der Waals surface area contributed by atoms with Gasteiger partial charge in [-0.25, -0.2) is 4.79 Å². The number of carbonyl (C=O) groups is 2. The van der Waals surface area contributed by atoms with E-state index >= 15 is 0 Å². The van der Waals surface area contributed by atoms with Gasteiger partial charge < -0.3 is 10.1 Å². The van der Waals surface area contributed by atoms with Crippen LogP contribution in [0.5, 0.6) is 0 Å². The van der Waals surface area contributed by atoms with E-state index in [0.717, 1.165) is 16.1 Å². The molecule has 0 aromatic heterocycles. The number of hydrogen-bond acceptors (Lipinski definition) is 4. The molecule has 0 aliphatic heterocycles. The van der Waals surface area contributed by atoms with Gasteiger partial charge in [-0.1, -0.05) is 29.8 Å². The highest BCUT2D eigenvalue weighted by Gasteiger charge is 2.04. The van der Waals surface area contributed by atoms with Gasteiger partial charge in [0, 0.05) is 27.4 Å². The van der Waals surface area contributed by atoms with Crippen molar-refractivity contribution in [2.24, 2.45) is 0 Å². The first-order valence-corrected chi connectivity index (χ1v) is 9.53. The van der Waals surface area contributed by atoms with E-state index in [9.17, 15) is 9.59 Å². The number of ether oxygens (including phenoxy) is 1. The van der Waals surface area contributed by atoms with Gasteiger partial charge in [-0.15, -0.1) is 11.8 Å². The third kappa shape index (κ3) is 7.33. The molecule has 0 radical (unpaired) electrons. The Bertz CT molecular complexity index is 758. The number of nitrogens with one attached hydrogen (secondary N) is 1. The van der Waals surface area contributed by atoms with Crippen molar-refractivity contribution >= 4 is 40.9 Å². The highest BCUT2D eigenvalue weighted by molar-refractivity contribution is 7.99. The predicted octanol–water partition coefficient (Wildman–Crippen LogP) is 4.73. The molecule has 0 heterocycles. The lowest BCUT2D eigenvalue weighted by atomic mass is 10.1. The van der Waals surface area contributed by atoms with Crippen LogP contribution in [0.3, 0.4) is 0 Å². The molecule has 2 aromatic rings. The van der Waals surface area contributed by atoms with Crippen LogP contribution in [0.1, 0.15) is 12.5 Å². The van der Waals surface area contributed by atoms with Crippen LogP contribution in [0.25, 0.3) is 0 Å². The minimum Gasteiger partial charge on any atom is -0.463 e. The van der Waals surface area contributed by atoms with E-state index in [-0.39, 0.29) is 11.9 Å². The van der Waals surface area contributed by atoms with E-state index in [2.05, 4.69) is 5.32 Å². The monoisotopic (exact) mass is 389 g/mol. The summed E-state index contributed by atoms with van der Waals surface area (Å²) in [5, 5.41) is 3.52. The normalized spacial score (nSPS) is 10.7. The Morgan fingerprint density at radius 2 is 1.81 bits per heavy atom. The molecule has 6 heteroatoms. The van der Waals surface area contributed by atoms with Crippen molar-refractivity contribution in [1.29, 1.82) is 0 Å². The van der Waals surface area contributed by atoms with Crippen molar-refractivity contribution in [3.05, 3.63) is 71.3 Å². The summed E-state index contributed by atoms with van der Waals surface area (Å²) in [4.78, 5) is 24.3. The van der Waals surface area contributed by atoms with E-state index in [0.29, 0.717) is 23.8 Å². The van der Waals surface area contributed by atoms with Crippen LogP contribution in [-0.2, 0) is 20.7 Å². The maximum atomic E-state index is 12.1. The Hall–Kier alpha value is -2.24. The minimum absolute atomic E-state index is 0.0786. The zero-order valence-electron chi connectivity index (χ0n) is 14.4. The second-order valence-corrected chi connectivity index (χ2v) is 6.87. The molecule has 26 heavy (non-hydrogen) atoms. The van der Waals surface area contributed by atoms with Crippen molar-refractivity contribution in [3.8, 4) is 0 Å². The zero-order valence-corrected chi connectivity index (χ0v) is 16.0. The number of benzene rings is 2. The molecule has 1 amide bonds. The number of halogens is 1. The van der Waals surface area contributed by atoms with Crippen molar-refractivity contribution in [3.63, 3.8) is 0 Å². The van der Waals surface area contributed by atoms with E-state index in [1.807, 2.05) is 36.4 Å². The fourth-order valence-corrected chi connectivity index (χ4v) is 2.95. The van der Waals surface area contributed by atoms with E-state index in [4.69, 9.17) is 16.3 Å². The van der Waals surface area contributed by atoms with Gasteiger partial charge in [0.1, 0.15) is 0 Å². The summed E-state index contributed by atoms with van der Waals surface area (Å²) < 4.78 is 4.81. The van der Waals surface area contributed by atoms with Crippen LogP contribution in [0.4, 0.5) is 5.69 Å². The Morgan fingerprint density at radius 3 is 2.46 bits per heavy atom. The Labute approximate surface area is 162 Å². The third-order valence-electron chi connectivity index (χ3n) is 3.30. The molecule has 0 saturated carbocycles. The predicted molar refractivity (Wildman–Crippen MR) is 107 cm³/mol. The van der Waals surface area contributed by atoms with Crippen molar-refractivity contribution in [1.82, 2.24) is 0 Å². The molecule has 0 atom stereocenters. The first-order chi connectivity index (χ1) is 12.6. The van der Waals surface area contributed by atoms with Crippen LogP contribution < -0.4 is 5.32 Å². The van der Waals surface area contributed by atoms with Crippen LogP contribution >= 0.6 is 23.4 Å². The first kappa shape index (κ1) is 20.1. The molecule has 0 spiro atoms. The molecule has 4 nitrogen and oxygen atoms in total. The summed E-state index contributed by atoms with van der Waals surface area (Å²) in [6, 6.07) is 14.8. The number of rotatable bonds is 8. The lowest BCUT2D eigenvalue weighted by Gasteiger charge is -2.06. The summed E-state index contributed by atoms with van der Waals surface area (Å²) in [7, 11) is 0. The summed E-state index contributed by atoms with van der Waals surface area (Å²) >= 11 is 7.43. The van der Waals surface area contributed by atoms with Crippen LogP contribution in [0.2, 0.25) is 5.02 Å². The number of amides is 1. The molecule has 136 valence electrons. The molecule has 2 rings (SSSR count). The van der Waals surface area contributed by atoms with Crippen molar-refractivity contribution in [2.75, 3.05) is 17.7 Å². The smallest absolute Gasteiger partial charge is 0.330 e. The molecule has 2 aromatic carbocycles. The lowest BCUT2D eigenvalue weighted by molar-refractivity contribution is -0.137. The number of thioether (sulfide) groups is 1. The molecule has 0 unspecified atom stereocenters. The van der Waals surface area contributed by atoms with Gasteiger partial charge in [0.25, 0.3) is 0 Å². The molecule has 0 bridgehead atoms. The summed E-state index contributed by atoms with van der Waals surface area (Å²) in [5.41, 5.74) is 1.66. The Balaban J connectivity index is 1.78. The third-order valence-corrected chi connectivity index (χ3v) is 4.52. The van der Waals surface area contributed by atoms with Crippen LogP contribution in [0.15, 0.2) is 65.6 Å². The molecule has 0 fully saturated rings. The number of hydrogen-bond donors (Lipinski definition) is 1. The van der Waals surface area contributed by atoms with E-state index in [1.54, 1.807) is 36.9 Å². The van der Waals surface area contributed by atoms with E-state index in [1.165, 1.54) is 6.08 Å². The van der Waals surface area contributed by atoms with Crippen LogP contribution in [0, 0.1) is 0 Å². The standard InChI is InChI=1S/C20H20ClNO3S/c1-2-25-20(24)4-3-13-26-18-11-9-17(10-12-18)22-19(23)14-15-5-7-16(21)8-6-15/h3-12H,2,13-14H2,1H3,(H,22,23)/b4-3+. The molecule has 0 aliphatic carbocycles. The number of anilines is 1. The maximum Gasteiger partial charge on any atom is 0.330 e. The average molecular weight is 390 g/mol. The molecular formula is C20H20ClNO3S. The quantitative estimate of drug-likeness (QED) is 0.402. The molecule has 0 aliphatic rings. The first-order valence-electron chi connectivity index (χ1n) is 8.17. The fraction of sp³-hybridized carbons (Fsp3) is 0.200. The fourth-order valence-electron chi connectivity index (χ4n) is 2.11. The SMILES string of the molecule is CCOC(=O)/C=C/CSc1ccc(NC(=O)Cc2ccc(Cl)cc2)cc1. The largest absolute Gasteiger partial charge is 0.463 e. The second kappa shape index (κ2) is 10.7. The molecular weight excluding hydrogens is 370 g/mol. The van der Waals surface area contributed by atoms with E-state index < -0.39 is 0 Å². The van der Waals surface area contributed by atoms with Gasteiger partial charge in [-0.3, -0.25) is 4.79 Å². The lowest BCUT2D eigenvalue weighted by Crippen LogP contribution is -2.14.